The Bertz CT molecular complexity index is 868. The molecule has 1 N–H and O–H groups in total. The molecular weight excluding hydrogens is 340 g/mol. The fraction of sp³-hybridized carbons (Fsp3) is 0.353. The highest BCUT2D eigenvalue weighted by Crippen LogP contribution is 2.26. The van der Waals surface area contributed by atoms with E-state index in [1.54, 1.807) is 22.6 Å². The Labute approximate surface area is 149 Å². The first-order valence-electron chi connectivity index (χ1n) is 8.19. The maximum absolute atomic E-state index is 12.6. The lowest BCUT2D eigenvalue weighted by atomic mass is 10.0. The van der Waals surface area contributed by atoms with E-state index in [2.05, 4.69) is 5.10 Å². The summed E-state index contributed by atoms with van der Waals surface area (Å²) >= 11 is 0. The van der Waals surface area contributed by atoms with E-state index in [1.165, 1.54) is 24.4 Å². The number of aromatic carboxylic acids is 1. The normalized spacial score (nSPS) is 15.0. The van der Waals surface area contributed by atoms with E-state index in [9.17, 15) is 19.7 Å². The van der Waals surface area contributed by atoms with Crippen LogP contribution >= 0.6 is 0 Å². The number of nitrogens with zero attached hydrogens (tertiary/aromatic N) is 4. The van der Waals surface area contributed by atoms with Crippen LogP contribution in [0.5, 0.6) is 0 Å². The molecule has 0 saturated carbocycles. The van der Waals surface area contributed by atoms with Gasteiger partial charge in [-0.2, -0.15) is 5.10 Å². The Morgan fingerprint density at radius 3 is 2.58 bits per heavy atom. The molecule has 26 heavy (non-hydrogen) atoms. The van der Waals surface area contributed by atoms with Gasteiger partial charge in [-0.3, -0.25) is 19.6 Å². The van der Waals surface area contributed by atoms with Crippen LogP contribution < -0.4 is 0 Å². The molecule has 0 spiro atoms. The third kappa shape index (κ3) is 3.28. The molecule has 136 valence electrons. The van der Waals surface area contributed by atoms with Crippen molar-refractivity contribution in [2.75, 3.05) is 13.1 Å². The number of rotatable bonds is 4. The molecule has 9 heteroatoms. The number of nitro groups is 1. The Morgan fingerprint density at radius 1 is 1.31 bits per heavy atom. The van der Waals surface area contributed by atoms with Gasteiger partial charge in [0.05, 0.1) is 22.9 Å². The maximum Gasteiger partial charge on any atom is 0.339 e. The lowest BCUT2D eigenvalue weighted by Crippen LogP contribution is -2.39. The fourth-order valence-corrected chi connectivity index (χ4v) is 3.25. The SMILES string of the molecule is Cc1c(C(=O)O)cnn1C1CCN(C(=O)c2cccc([N+](=O)[O-])c2)CC1. The molecule has 1 amide bonds. The van der Waals surface area contributed by atoms with Crippen molar-refractivity contribution < 1.29 is 19.6 Å². The molecule has 1 aromatic heterocycles. The average molecular weight is 358 g/mol. The number of carbonyl (C=O) groups excluding carboxylic acids is 1. The van der Waals surface area contributed by atoms with Gasteiger partial charge in [0.2, 0.25) is 0 Å². The predicted molar refractivity (Wildman–Crippen MR) is 91.2 cm³/mol. The van der Waals surface area contributed by atoms with Gasteiger partial charge in [0.15, 0.2) is 0 Å². The minimum absolute atomic E-state index is 0.0252. The number of piperidine rings is 1. The summed E-state index contributed by atoms with van der Waals surface area (Å²) in [5.74, 6) is -1.25. The molecular formula is C17H18N4O5. The summed E-state index contributed by atoms with van der Waals surface area (Å²) in [6, 6.07) is 5.73. The van der Waals surface area contributed by atoms with Crippen molar-refractivity contribution in [2.24, 2.45) is 0 Å². The van der Waals surface area contributed by atoms with Gasteiger partial charge < -0.3 is 10.0 Å². The van der Waals surface area contributed by atoms with Crippen LogP contribution in [0.15, 0.2) is 30.5 Å². The van der Waals surface area contributed by atoms with E-state index in [-0.39, 0.29) is 23.2 Å². The third-order valence-corrected chi connectivity index (χ3v) is 4.68. The molecule has 9 nitrogen and oxygen atoms in total. The number of benzene rings is 1. The molecule has 0 radical (unpaired) electrons. The van der Waals surface area contributed by atoms with Crippen molar-refractivity contribution in [1.29, 1.82) is 0 Å². The Kier molecular flexibility index (Phi) is 4.70. The number of hydrogen-bond acceptors (Lipinski definition) is 5. The molecule has 0 aliphatic carbocycles. The number of amides is 1. The minimum atomic E-state index is -1.01. The van der Waals surface area contributed by atoms with Gasteiger partial charge in [-0.1, -0.05) is 6.07 Å². The van der Waals surface area contributed by atoms with Crippen LogP contribution in [0.2, 0.25) is 0 Å². The van der Waals surface area contributed by atoms with Crippen LogP contribution in [-0.4, -0.2) is 49.7 Å². The van der Waals surface area contributed by atoms with Gasteiger partial charge in [0, 0.05) is 30.8 Å². The van der Waals surface area contributed by atoms with Crippen LogP contribution in [0.1, 0.15) is 45.3 Å². The standard InChI is InChI=1S/C17H18N4O5/c1-11-15(17(23)24)10-18-20(11)13-5-7-19(8-6-13)16(22)12-3-2-4-14(9-12)21(25)26/h2-4,9-10,13H,5-8H2,1H3,(H,23,24). The summed E-state index contributed by atoms with van der Waals surface area (Å²) in [5, 5.41) is 24.2. The Balaban J connectivity index is 1.69. The highest BCUT2D eigenvalue weighted by molar-refractivity contribution is 5.94. The second kappa shape index (κ2) is 6.95. The van der Waals surface area contributed by atoms with Crippen molar-refractivity contribution in [3.05, 3.63) is 57.4 Å². The highest BCUT2D eigenvalue weighted by atomic mass is 16.6. The fourth-order valence-electron chi connectivity index (χ4n) is 3.25. The first-order valence-corrected chi connectivity index (χ1v) is 8.19. The van der Waals surface area contributed by atoms with Crippen molar-refractivity contribution in [3.63, 3.8) is 0 Å². The summed E-state index contributed by atoms with van der Waals surface area (Å²) in [6.07, 6.45) is 2.63. The molecule has 1 aliphatic heterocycles. The van der Waals surface area contributed by atoms with E-state index in [1.807, 2.05) is 0 Å². The quantitative estimate of drug-likeness (QED) is 0.661. The molecule has 0 atom stereocenters. The summed E-state index contributed by atoms with van der Waals surface area (Å²) in [5.41, 5.74) is 0.959. The van der Waals surface area contributed by atoms with E-state index >= 15 is 0 Å². The van der Waals surface area contributed by atoms with Crippen molar-refractivity contribution >= 4 is 17.6 Å². The predicted octanol–water partition coefficient (Wildman–Crippen LogP) is 2.28. The second-order valence-electron chi connectivity index (χ2n) is 6.22. The molecule has 1 aromatic carbocycles. The number of aromatic nitrogens is 2. The zero-order valence-corrected chi connectivity index (χ0v) is 14.2. The van der Waals surface area contributed by atoms with Crippen LogP contribution in [0.25, 0.3) is 0 Å². The Hall–Kier alpha value is -3.23. The number of nitro benzene ring substituents is 1. The number of likely N-dealkylation sites (tertiary alicyclic amines) is 1. The summed E-state index contributed by atoms with van der Waals surface area (Å²) < 4.78 is 1.71. The molecule has 1 aliphatic rings. The number of carbonyl (C=O) groups is 2. The van der Waals surface area contributed by atoms with Crippen molar-refractivity contribution in [2.45, 2.75) is 25.8 Å². The topological polar surface area (TPSA) is 119 Å². The number of hydrogen-bond donors (Lipinski definition) is 1. The minimum Gasteiger partial charge on any atom is -0.478 e. The van der Waals surface area contributed by atoms with Gasteiger partial charge in [0.25, 0.3) is 11.6 Å². The van der Waals surface area contributed by atoms with Crippen LogP contribution in [0, 0.1) is 17.0 Å². The first-order chi connectivity index (χ1) is 12.4. The first kappa shape index (κ1) is 17.6. The summed E-state index contributed by atoms with van der Waals surface area (Å²) in [7, 11) is 0. The van der Waals surface area contributed by atoms with Crippen LogP contribution in [-0.2, 0) is 0 Å². The van der Waals surface area contributed by atoms with Crippen LogP contribution in [0.3, 0.4) is 0 Å². The van der Waals surface area contributed by atoms with Crippen LogP contribution in [0.4, 0.5) is 5.69 Å². The monoisotopic (exact) mass is 358 g/mol. The van der Waals surface area contributed by atoms with Gasteiger partial charge >= 0.3 is 5.97 Å². The molecule has 0 unspecified atom stereocenters. The molecule has 3 rings (SSSR count). The van der Waals surface area contributed by atoms with E-state index in [4.69, 9.17) is 5.11 Å². The van der Waals surface area contributed by atoms with Gasteiger partial charge in [-0.15, -0.1) is 0 Å². The van der Waals surface area contributed by atoms with E-state index in [0.717, 1.165) is 0 Å². The second-order valence-corrected chi connectivity index (χ2v) is 6.22. The molecule has 2 aromatic rings. The Morgan fingerprint density at radius 2 is 2.00 bits per heavy atom. The largest absolute Gasteiger partial charge is 0.478 e. The molecule has 2 heterocycles. The zero-order chi connectivity index (χ0) is 18.8. The molecule has 1 saturated heterocycles. The number of carboxylic acids is 1. The average Bonchev–Trinajstić information content (AvgIpc) is 3.03. The maximum atomic E-state index is 12.6. The van der Waals surface area contributed by atoms with Crippen molar-refractivity contribution in [3.8, 4) is 0 Å². The summed E-state index contributed by atoms with van der Waals surface area (Å²) in [4.78, 5) is 35.7. The van der Waals surface area contributed by atoms with Gasteiger partial charge in [-0.05, 0) is 25.8 Å². The van der Waals surface area contributed by atoms with Gasteiger partial charge in [-0.25, -0.2) is 4.79 Å². The van der Waals surface area contributed by atoms with Gasteiger partial charge in [0.1, 0.15) is 5.56 Å². The lowest BCUT2D eigenvalue weighted by molar-refractivity contribution is -0.384. The third-order valence-electron chi connectivity index (χ3n) is 4.68. The number of carboxylic acid groups (broad SMARTS) is 1. The van der Waals surface area contributed by atoms with E-state index in [0.29, 0.717) is 37.2 Å². The highest BCUT2D eigenvalue weighted by Gasteiger charge is 2.27. The number of non-ortho nitro benzene ring substituents is 1. The van der Waals surface area contributed by atoms with Crippen molar-refractivity contribution in [1.82, 2.24) is 14.7 Å². The van der Waals surface area contributed by atoms with E-state index < -0.39 is 10.9 Å². The molecule has 1 fully saturated rings. The summed E-state index contributed by atoms with van der Waals surface area (Å²) in [6.45, 7) is 2.68. The molecule has 0 bridgehead atoms. The lowest BCUT2D eigenvalue weighted by Gasteiger charge is -2.32. The zero-order valence-electron chi connectivity index (χ0n) is 14.2. The smallest absolute Gasteiger partial charge is 0.339 e.